The van der Waals surface area contributed by atoms with E-state index in [-0.39, 0.29) is 0 Å². The molecular weight excluding hydrogens is 226 g/mol. The van der Waals surface area contributed by atoms with Crippen LogP contribution in [0, 0.1) is 11.8 Å². The monoisotopic (exact) mass is 251 g/mol. The van der Waals surface area contributed by atoms with Crippen molar-refractivity contribution in [3.8, 4) is 0 Å². The van der Waals surface area contributed by atoms with Crippen LogP contribution in [0.5, 0.6) is 0 Å². The van der Waals surface area contributed by atoms with Gasteiger partial charge in [0.2, 0.25) is 0 Å². The van der Waals surface area contributed by atoms with E-state index in [1.54, 1.807) is 0 Å². The van der Waals surface area contributed by atoms with Crippen molar-refractivity contribution in [1.29, 1.82) is 0 Å². The van der Waals surface area contributed by atoms with E-state index in [2.05, 4.69) is 4.90 Å². The molecule has 0 radical (unpaired) electrons. The van der Waals surface area contributed by atoms with E-state index in [4.69, 9.17) is 5.11 Å². The molecule has 102 valence electrons. The molecule has 1 N–H and O–H groups in total. The highest BCUT2D eigenvalue weighted by atomic mass is 16.4. The first-order valence-corrected chi connectivity index (χ1v) is 7.73. The highest BCUT2D eigenvalue weighted by Gasteiger charge is 2.44. The number of nitrogens with zero attached hydrogens (tertiary/aromatic N) is 1. The van der Waals surface area contributed by atoms with Crippen molar-refractivity contribution in [2.24, 2.45) is 11.8 Å². The Hall–Kier alpha value is -0.570. The second kappa shape index (κ2) is 5.20. The minimum absolute atomic E-state index is 0.326. The van der Waals surface area contributed by atoms with Gasteiger partial charge in [-0.15, -0.1) is 0 Å². The maximum Gasteiger partial charge on any atom is 0.304 e. The molecule has 0 bridgehead atoms. The predicted octanol–water partition coefficient (Wildman–Crippen LogP) is 2.89. The van der Waals surface area contributed by atoms with Gasteiger partial charge in [0.15, 0.2) is 0 Å². The second-order valence-electron chi connectivity index (χ2n) is 6.49. The third-order valence-electron chi connectivity index (χ3n) is 5.25. The maximum absolute atomic E-state index is 10.8. The van der Waals surface area contributed by atoms with Crippen molar-refractivity contribution >= 4 is 5.97 Å². The summed E-state index contributed by atoms with van der Waals surface area (Å²) in [6.45, 7) is 0.789. The molecule has 0 saturated heterocycles. The fourth-order valence-corrected chi connectivity index (χ4v) is 3.70. The number of carboxylic acid groups (broad SMARTS) is 1. The predicted molar refractivity (Wildman–Crippen MR) is 70.5 cm³/mol. The third kappa shape index (κ3) is 2.56. The molecule has 0 aromatic carbocycles. The molecule has 0 aliphatic heterocycles. The molecule has 0 aromatic rings. The lowest BCUT2D eigenvalue weighted by Gasteiger charge is -2.48. The highest BCUT2D eigenvalue weighted by Crippen LogP contribution is 2.45. The lowest BCUT2D eigenvalue weighted by molar-refractivity contribution is -0.137. The maximum atomic E-state index is 10.8. The zero-order chi connectivity index (χ0) is 12.5. The van der Waals surface area contributed by atoms with Crippen LogP contribution in [0.25, 0.3) is 0 Å². The summed E-state index contributed by atoms with van der Waals surface area (Å²) in [7, 11) is 0. The summed E-state index contributed by atoms with van der Waals surface area (Å²) in [5, 5.41) is 8.94. The number of rotatable bonds is 7. The number of hydrogen-bond donors (Lipinski definition) is 1. The van der Waals surface area contributed by atoms with E-state index < -0.39 is 5.97 Å². The SMILES string of the molecule is O=C(O)CCN(C1CC1)C(C1CCC1)C1CCC1. The van der Waals surface area contributed by atoms with Gasteiger partial charge in [0, 0.05) is 18.6 Å². The van der Waals surface area contributed by atoms with Gasteiger partial charge in [0.25, 0.3) is 0 Å². The van der Waals surface area contributed by atoms with E-state index in [0.717, 1.165) is 30.5 Å². The van der Waals surface area contributed by atoms with Crippen LogP contribution in [0.4, 0.5) is 0 Å². The molecule has 0 unspecified atom stereocenters. The van der Waals surface area contributed by atoms with Gasteiger partial charge in [-0.1, -0.05) is 12.8 Å². The number of carbonyl (C=O) groups is 1. The Morgan fingerprint density at radius 2 is 1.61 bits per heavy atom. The zero-order valence-corrected chi connectivity index (χ0v) is 11.2. The van der Waals surface area contributed by atoms with Gasteiger partial charge in [0.05, 0.1) is 6.42 Å². The second-order valence-corrected chi connectivity index (χ2v) is 6.49. The van der Waals surface area contributed by atoms with Crippen molar-refractivity contribution in [2.45, 2.75) is 69.9 Å². The molecular formula is C15H25NO2. The molecule has 3 heteroatoms. The van der Waals surface area contributed by atoms with Crippen LogP contribution >= 0.6 is 0 Å². The Morgan fingerprint density at radius 3 is 1.94 bits per heavy atom. The van der Waals surface area contributed by atoms with Gasteiger partial charge >= 0.3 is 5.97 Å². The van der Waals surface area contributed by atoms with Gasteiger partial charge in [0.1, 0.15) is 0 Å². The van der Waals surface area contributed by atoms with Crippen LogP contribution < -0.4 is 0 Å². The minimum Gasteiger partial charge on any atom is -0.481 e. The van der Waals surface area contributed by atoms with Gasteiger partial charge in [-0.3, -0.25) is 9.69 Å². The van der Waals surface area contributed by atoms with Gasteiger partial charge < -0.3 is 5.11 Å². The summed E-state index contributed by atoms with van der Waals surface area (Å²) >= 11 is 0. The standard InChI is InChI=1S/C15H25NO2/c17-14(18)9-10-16(13-7-8-13)15(11-3-1-4-11)12-5-2-6-12/h11-13,15H,1-10H2,(H,17,18). The van der Waals surface area contributed by atoms with Gasteiger partial charge in [-0.2, -0.15) is 0 Å². The normalized spacial score (nSPS) is 25.2. The Labute approximate surface area is 110 Å². The van der Waals surface area contributed by atoms with E-state index in [9.17, 15) is 4.79 Å². The van der Waals surface area contributed by atoms with Crippen LogP contribution in [-0.2, 0) is 4.79 Å². The summed E-state index contributed by atoms with van der Waals surface area (Å²) in [5.41, 5.74) is 0. The lowest BCUT2D eigenvalue weighted by Crippen LogP contribution is -2.51. The largest absolute Gasteiger partial charge is 0.481 e. The first-order chi connectivity index (χ1) is 8.75. The van der Waals surface area contributed by atoms with E-state index >= 15 is 0 Å². The number of aliphatic carboxylic acids is 1. The van der Waals surface area contributed by atoms with Crippen molar-refractivity contribution in [3.63, 3.8) is 0 Å². The summed E-state index contributed by atoms with van der Waals surface area (Å²) in [6.07, 6.45) is 11.3. The van der Waals surface area contributed by atoms with Crippen LogP contribution in [0.15, 0.2) is 0 Å². The van der Waals surface area contributed by atoms with Crippen molar-refractivity contribution in [2.75, 3.05) is 6.54 Å². The summed E-state index contributed by atoms with van der Waals surface area (Å²) in [5.74, 6) is 1.12. The van der Waals surface area contributed by atoms with Crippen molar-refractivity contribution in [3.05, 3.63) is 0 Å². The van der Waals surface area contributed by atoms with Crippen molar-refractivity contribution in [1.82, 2.24) is 4.90 Å². The average Bonchev–Trinajstić information content (AvgIpc) is 2.95. The highest BCUT2D eigenvalue weighted by molar-refractivity contribution is 5.66. The zero-order valence-electron chi connectivity index (χ0n) is 11.2. The molecule has 0 amide bonds. The van der Waals surface area contributed by atoms with E-state index in [1.165, 1.54) is 51.4 Å². The molecule has 3 rings (SSSR count). The number of carboxylic acids is 1. The molecule has 0 heterocycles. The van der Waals surface area contributed by atoms with Crippen LogP contribution in [-0.4, -0.2) is 34.6 Å². The average molecular weight is 251 g/mol. The Balaban J connectivity index is 1.65. The summed E-state index contributed by atoms with van der Waals surface area (Å²) in [4.78, 5) is 13.4. The number of hydrogen-bond acceptors (Lipinski definition) is 2. The molecule has 0 aromatic heterocycles. The molecule has 18 heavy (non-hydrogen) atoms. The topological polar surface area (TPSA) is 40.5 Å². The molecule has 3 nitrogen and oxygen atoms in total. The quantitative estimate of drug-likeness (QED) is 0.756. The van der Waals surface area contributed by atoms with Crippen LogP contribution in [0.1, 0.15) is 57.8 Å². The first kappa shape index (κ1) is 12.5. The minimum atomic E-state index is -0.637. The fourth-order valence-electron chi connectivity index (χ4n) is 3.70. The van der Waals surface area contributed by atoms with Gasteiger partial charge in [-0.25, -0.2) is 0 Å². The first-order valence-electron chi connectivity index (χ1n) is 7.73. The molecule has 3 aliphatic rings. The molecule has 3 fully saturated rings. The summed E-state index contributed by atoms with van der Waals surface area (Å²) < 4.78 is 0. The fraction of sp³-hybridized carbons (Fsp3) is 0.933. The van der Waals surface area contributed by atoms with Crippen molar-refractivity contribution < 1.29 is 9.90 Å². The Kier molecular flexibility index (Phi) is 3.60. The van der Waals surface area contributed by atoms with Crippen LogP contribution in [0.2, 0.25) is 0 Å². The molecule has 3 aliphatic carbocycles. The molecule has 0 spiro atoms. The molecule has 0 atom stereocenters. The third-order valence-corrected chi connectivity index (χ3v) is 5.25. The van der Waals surface area contributed by atoms with E-state index in [0.29, 0.717) is 6.42 Å². The Morgan fingerprint density at radius 1 is 1.06 bits per heavy atom. The summed E-state index contributed by atoms with van der Waals surface area (Å²) in [6, 6.07) is 1.44. The van der Waals surface area contributed by atoms with Gasteiger partial charge in [-0.05, 0) is 50.4 Å². The smallest absolute Gasteiger partial charge is 0.304 e. The Bertz CT molecular complexity index is 292. The molecule has 3 saturated carbocycles. The van der Waals surface area contributed by atoms with Crippen LogP contribution in [0.3, 0.4) is 0 Å². The van der Waals surface area contributed by atoms with E-state index in [1.807, 2.05) is 0 Å². The lowest BCUT2D eigenvalue weighted by atomic mass is 9.68.